The quantitative estimate of drug-likeness (QED) is 0.200. The van der Waals surface area contributed by atoms with Crippen LogP contribution in [0.15, 0.2) is 72.3 Å². The van der Waals surface area contributed by atoms with Crippen molar-refractivity contribution in [3.8, 4) is 5.75 Å². The number of Topliss-reactive ketones (excluding diaryl/α,β-unsaturated/α-hetero) is 1. The highest BCUT2D eigenvalue weighted by molar-refractivity contribution is 7.22. The summed E-state index contributed by atoms with van der Waals surface area (Å²) < 4.78 is 19.7. The molecule has 1 amide bonds. The number of thiazole rings is 1. The normalized spacial score (nSPS) is 17.3. The second-order valence-corrected chi connectivity index (χ2v) is 9.24. The SMILES string of the molecule is CCOc1ccc(/C(O)=C2\C(=O)C(=O)N(c3nc4ccc(F)cc4s3)C2c2cccc(Cl)c2)cc1. The van der Waals surface area contributed by atoms with Crippen LogP contribution >= 0.6 is 22.9 Å². The molecular formula is C26H18ClFN2O4S. The van der Waals surface area contributed by atoms with Gasteiger partial charge in [-0.25, -0.2) is 9.37 Å². The number of fused-ring (bicyclic) bond motifs is 1. The maximum atomic E-state index is 13.8. The van der Waals surface area contributed by atoms with Gasteiger partial charge in [-0.1, -0.05) is 35.1 Å². The molecule has 1 fully saturated rings. The van der Waals surface area contributed by atoms with Crippen LogP contribution in [0.4, 0.5) is 9.52 Å². The molecule has 9 heteroatoms. The van der Waals surface area contributed by atoms with Crippen LogP contribution in [0.3, 0.4) is 0 Å². The molecule has 1 saturated heterocycles. The number of hydrogen-bond donors (Lipinski definition) is 1. The number of hydrogen-bond acceptors (Lipinski definition) is 6. The lowest BCUT2D eigenvalue weighted by Crippen LogP contribution is -2.29. The Morgan fingerprint density at radius 1 is 1.14 bits per heavy atom. The molecule has 3 aromatic carbocycles. The number of ketones is 1. The van der Waals surface area contributed by atoms with Crippen molar-refractivity contribution in [2.75, 3.05) is 11.5 Å². The Morgan fingerprint density at radius 2 is 1.91 bits per heavy atom. The van der Waals surface area contributed by atoms with E-state index in [-0.39, 0.29) is 16.5 Å². The van der Waals surface area contributed by atoms with Crippen LogP contribution in [0.5, 0.6) is 5.75 Å². The van der Waals surface area contributed by atoms with Gasteiger partial charge >= 0.3 is 5.91 Å². The summed E-state index contributed by atoms with van der Waals surface area (Å²) in [6, 6.07) is 16.4. The monoisotopic (exact) mass is 508 g/mol. The Labute approximate surface area is 208 Å². The second kappa shape index (κ2) is 9.13. The number of carbonyl (C=O) groups is 2. The first-order valence-corrected chi connectivity index (χ1v) is 11.9. The minimum atomic E-state index is -0.981. The molecule has 0 bridgehead atoms. The molecule has 6 nitrogen and oxygen atoms in total. The Balaban J connectivity index is 1.69. The summed E-state index contributed by atoms with van der Waals surface area (Å²) in [7, 11) is 0. The Morgan fingerprint density at radius 3 is 2.63 bits per heavy atom. The third kappa shape index (κ3) is 4.15. The summed E-state index contributed by atoms with van der Waals surface area (Å²) >= 11 is 7.31. The minimum Gasteiger partial charge on any atom is -0.507 e. The number of nitrogens with zero attached hydrogens (tertiary/aromatic N) is 2. The van der Waals surface area contributed by atoms with Gasteiger partial charge in [-0.2, -0.15) is 0 Å². The van der Waals surface area contributed by atoms with Crippen molar-refractivity contribution >= 4 is 55.7 Å². The number of aliphatic hydroxyl groups is 1. The van der Waals surface area contributed by atoms with Crippen LogP contribution in [-0.4, -0.2) is 28.4 Å². The van der Waals surface area contributed by atoms with E-state index in [1.807, 2.05) is 6.92 Å². The van der Waals surface area contributed by atoms with Crippen LogP contribution in [0, 0.1) is 5.82 Å². The van der Waals surface area contributed by atoms with E-state index in [4.69, 9.17) is 16.3 Å². The molecule has 1 N–H and O–H groups in total. The fourth-order valence-electron chi connectivity index (χ4n) is 4.04. The molecule has 176 valence electrons. The van der Waals surface area contributed by atoms with Crippen LogP contribution in [0.1, 0.15) is 24.1 Å². The first-order valence-electron chi connectivity index (χ1n) is 10.7. The number of halogens is 2. The van der Waals surface area contributed by atoms with Gasteiger partial charge in [-0.15, -0.1) is 0 Å². The molecule has 4 aromatic rings. The minimum absolute atomic E-state index is 0.0909. The first kappa shape index (κ1) is 23.0. The zero-order chi connectivity index (χ0) is 24.7. The van der Waals surface area contributed by atoms with Gasteiger partial charge in [0.1, 0.15) is 17.3 Å². The number of aromatic nitrogens is 1. The highest BCUT2D eigenvalue weighted by Gasteiger charge is 2.48. The molecule has 2 heterocycles. The molecule has 1 aliphatic rings. The Bertz CT molecular complexity index is 1500. The lowest BCUT2D eigenvalue weighted by atomic mass is 9.95. The number of aliphatic hydroxyl groups excluding tert-OH is 1. The lowest BCUT2D eigenvalue weighted by Gasteiger charge is -2.23. The van der Waals surface area contributed by atoms with Crippen molar-refractivity contribution in [1.82, 2.24) is 4.98 Å². The van der Waals surface area contributed by atoms with Crippen molar-refractivity contribution in [3.05, 3.63) is 94.3 Å². The van der Waals surface area contributed by atoms with E-state index >= 15 is 0 Å². The summed E-state index contributed by atoms with van der Waals surface area (Å²) in [5, 5.41) is 11.8. The zero-order valence-electron chi connectivity index (χ0n) is 18.4. The molecular weight excluding hydrogens is 491 g/mol. The molecule has 0 saturated carbocycles. The fourth-order valence-corrected chi connectivity index (χ4v) is 5.26. The van der Waals surface area contributed by atoms with E-state index in [0.717, 1.165) is 11.3 Å². The Hall–Kier alpha value is -3.75. The van der Waals surface area contributed by atoms with Crippen molar-refractivity contribution < 1.29 is 23.8 Å². The van der Waals surface area contributed by atoms with Crippen molar-refractivity contribution in [2.24, 2.45) is 0 Å². The molecule has 0 aliphatic carbocycles. The molecule has 35 heavy (non-hydrogen) atoms. The van der Waals surface area contributed by atoms with Gasteiger partial charge in [0.2, 0.25) is 0 Å². The number of benzene rings is 3. The van der Waals surface area contributed by atoms with E-state index in [1.165, 1.54) is 23.1 Å². The molecule has 1 atom stereocenters. The second-order valence-electron chi connectivity index (χ2n) is 7.79. The topological polar surface area (TPSA) is 79.7 Å². The van der Waals surface area contributed by atoms with Gasteiger partial charge in [0, 0.05) is 10.6 Å². The average Bonchev–Trinajstić information content (AvgIpc) is 3.37. The van der Waals surface area contributed by atoms with E-state index < -0.39 is 23.5 Å². The third-order valence-corrected chi connectivity index (χ3v) is 6.85. The van der Waals surface area contributed by atoms with Gasteiger partial charge in [-0.05, 0) is 67.1 Å². The predicted octanol–water partition coefficient (Wildman–Crippen LogP) is 6.11. The molecule has 0 spiro atoms. The highest BCUT2D eigenvalue weighted by atomic mass is 35.5. The van der Waals surface area contributed by atoms with E-state index in [1.54, 1.807) is 48.5 Å². The molecule has 0 radical (unpaired) electrons. The van der Waals surface area contributed by atoms with Gasteiger partial charge in [0.25, 0.3) is 5.78 Å². The molecule has 5 rings (SSSR count). The van der Waals surface area contributed by atoms with Gasteiger partial charge in [-0.3, -0.25) is 14.5 Å². The first-order chi connectivity index (χ1) is 16.9. The van der Waals surface area contributed by atoms with Crippen LogP contribution < -0.4 is 9.64 Å². The van der Waals surface area contributed by atoms with E-state index in [2.05, 4.69) is 4.98 Å². The average molecular weight is 509 g/mol. The summed E-state index contributed by atoms with van der Waals surface area (Å²) in [5.74, 6) is -1.85. The summed E-state index contributed by atoms with van der Waals surface area (Å²) in [5.41, 5.74) is 1.27. The van der Waals surface area contributed by atoms with Crippen LogP contribution in [-0.2, 0) is 9.59 Å². The van der Waals surface area contributed by atoms with Gasteiger partial charge in [0.15, 0.2) is 5.13 Å². The summed E-state index contributed by atoms with van der Waals surface area (Å²) in [4.78, 5) is 32.2. The maximum Gasteiger partial charge on any atom is 0.301 e. The van der Waals surface area contributed by atoms with Crippen LogP contribution in [0.2, 0.25) is 5.02 Å². The van der Waals surface area contributed by atoms with Crippen LogP contribution in [0.25, 0.3) is 16.0 Å². The van der Waals surface area contributed by atoms with Gasteiger partial charge in [0.05, 0.1) is 28.4 Å². The van der Waals surface area contributed by atoms with E-state index in [9.17, 15) is 19.1 Å². The van der Waals surface area contributed by atoms with Crippen molar-refractivity contribution in [2.45, 2.75) is 13.0 Å². The summed E-state index contributed by atoms with van der Waals surface area (Å²) in [6.45, 7) is 2.34. The Kier molecular flexibility index (Phi) is 6.00. The fraction of sp³-hybridized carbons (Fsp3) is 0.115. The number of amides is 1. The maximum absolute atomic E-state index is 13.8. The molecule has 1 aromatic heterocycles. The predicted molar refractivity (Wildman–Crippen MR) is 133 cm³/mol. The number of carbonyl (C=O) groups excluding carboxylic acids is 2. The van der Waals surface area contributed by atoms with Crippen molar-refractivity contribution in [1.29, 1.82) is 0 Å². The number of ether oxygens (including phenoxy) is 1. The zero-order valence-corrected chi connectivity index (χ0v) is 19.9. The number of rotatable bonds is 5. The van der Waals surface area contributed by atoms with Crippen molar-refractivity contribution in [3.63, 3.8) is 0 Å². The largest absolute Gasteiger partial charge is 0.507 e. The standard InChI is InChI=1S/C26H18ClFN2O4S/c1-2-34-18-9-6-14(7-10-18)23(31)21-22(15-4-3-5-16(27)12-15)30(25(33)24(21)32)26-29-19-11-8-17(28)13-20(19)35-26/h3-13,22,31H,2H2,1H3/b23-21+. The lowest BCUT2D eigenvalue weighted by molar-refractivity contribution is -0.132. The summed E-state index contributed by atoms with van der Waals surface area (Å²) in [6.07, 6.45) is 0. The number of anilines is 1. The highest BCUT2D eigenvalue weighted by Crippen LogP contribution is 2.44. The molecule has 1 unspecified atom stereocenters. The third-order valence-electron chi connectivity index (χ3n) is 5.59. The smallest absolute Gasteiger partial charge is 0.301 e. The van der Waals surface area contributed by atoms with E-state index in [0.29, 0.717) is 38.7 Å². The molecule has 1 aliphatic heterocycles. The van der Waals surface area contributed by atoms with Gasteiger partial charge < -0.3 is 9.84 Å².